The molecule has 1 heterocycles. The van der Waals surface area contributed by atoms with Gasteiger partial charge in [0.2, 0.25) is 11.2 Å². The summed E-state index contributed by atoms with van der Waals surface area (Å²) in [5.41, 5.74) is -9.54. The molecule has 0 aliphatic carbocycles. The van der Waals surface area contributed by atoms with E-state index < -0.39 is 58.3 Å². The Balaban J connectivity index is 3.76. The van der Waals surface area contributed by atoms with Crippen molar-refractivity contribution in [2.24, 2.45) is 0 Å². The Morgan fingerprint density at radius 1 is 0.840 bits per heavy atom. The van der Waals surface area contributed by atoms with Crippen molar-refractivity contribution < 1.29 is 60.0 Å². The van der Waals surface area contributed by atoms with Gasteiger partial charge in [0, 0.05) is 0 Å². The van der Waals surface area contributed by atoms with Gasteiger partial charge in [0.15, 0.2) is 19.5 Å². The lowest BCUT2D eigenvalue weighted by Crippen LogP contribution is -2.59. The number of aliphatic hydroxyl groups is 4. The van der Waals surface area contributed by atoms with E-state index in [0.717, 1.165) is 5.98 Å². The van der Waals surface area contributed by atoms with E-state index in [1.165, 1.54) is 0 Å². The lowest BCUT2D eigenvalue weighted by atomic mass is 9.61. The van der Waals surface area contributed by atoms with Crippen LogP contribution in [0.1, 0.15) is 0 Å². The first kappa shape index (κ1) is 20.3. The lowest BCUT2D eigenvalue weighted by molar-refractivity contribution is -0.179. The Kier molecular flexibility index (Phi) is 5.39. The molecule has 1 aliphatic heterocycles. The number of carbonyl (C=O) groups is 4. The molecule has 0 aromatic heterocycles. The molecule has 1 radical (unpaired) electrons. The summed E-state index contributed by atoms with van der Waals surface area (Å²) >= 11 is 0. The molecule has 12 nitrogen and oxygen atoms in total. The molecule has 1 rings (SSSR count). The van der Waals surface area contributed by atoms with Crippen LogP contribution in [0.15, 0.2) is 23.1 Å². The molecule has 0 aromatic carbocycles. The summed E-state index contributed by atoms with van der Waals surface area (Å²) in [6.07, 6.45) is -5.37. The Labute approximate surface area is 138 Å². The second-order valence-electron chi connectivity index (χ2n) is 4.98. The van der Waals surface area contributed by atoms with Crippen LogP contribution in [0.4, 0.5) is 0 Å². The van der Waals surface area contributed by atoms with E-state index in [-0.39, 0.29) is 0 Å². The first-order valence-corrected chi connectivity index (χ1v) is 6.32. The molecule has 0 fully saturated rings. The van der Waals surface area contributed by atoms with Gasteiger partial charge in [0.1, 0.15) is 0 Å². The van der Waals surface area contributed by atoms with Gasteiger partial charge in [-0.05, 0) is 5.57 Å². The molecule has 8 N–H and O–H groups in total. The van der Waals surface area contributed by atoms with Crippen molar-refractivity contribution in [2.45, 2.75) is 23.4 Å². The normalized spacial score (nSPS) is 20.8. The number of aliphatic hydroxyl groups excluding tert-OH is 2. The number of hydrogen-bond donors (Lipinski definition) is 8. The van der Waals surface area contributed by atoms with Gasteiger partial charge in [-0.3, -0.25) is 0 Å². The summed E-state index contributed by atoms with van der Waals surface area (Å²) in [7, 11) is 0.651. The fraction of sp³-hybridized carbons (Fsp3) is 0.333. The van der Waals surface area contributed by atoms with E-state index in [0.29, 0.717) is 13.4 Å². The van der Waals surface area contributed by atoms with Crippen LogP contribution in [0.5, 0.6) is 0 Å². The smallest absolute Gasteiger partial charge is 0.343 e. The average molecular weight is 359 g/mol. The van der Waals surface area contributed by atoms with Crippen molar-refractivity contribution in [1.29, 1.82) is 0 Å². The van der Waals surface area contributed by atoms with Crippen LogP contribution < -0.4 is 0 Å². The van der Waals surface area contributed by atoms with Gasteiger partial charge < -0.3 is 40.9 Å². The monoisotopic (exact) mass is 359 g/mol. The van der Waals surface area contributed by atoms with Gasteiger partial charge >= 0.3 is 23.9 Å². The zero-order valence-electron chi connectivity index (χ0n) is 12.1. The third kappa shape index (κ3) is 3.00. The summed E-state index contributed by atoms with van der Waals surface area (Å²) in [5, 5.41) is 75.2. The third-order valence-corrected chi connectivity index (χ3v) is 3.55. The topological polar surface area (TPSA) is 230 Å². The average Bonchev–Trinajstić information content (AvgIpc) is 3.01. The van der Waals surface area contributed by atoms with Crippen molar-refractivity contribution in [1.82, 2.24) is 0 Å². The van der Waals surface area contributed by atoms with Crippen LogP contribution in [0.3, 0.4) is 0 Å². The van der Waals surface area contributed by atoms with Crippen molar-refractivity contribution >= 4 is 31.2 Å². The van der Waals surface area contributed by atoms with Crippen molar-refractivity contribution in [3.05, 3.63) is 23.1 Å². The molecular formula is C12H12BO12. The number of aliphatic carboxylic acids is 4. The van der Waals surface area contributed by atoms with Crippen LogP contribution in [-0.2, 0) is 19.2 Å². The summed E-state index contributed by atoms with van der Waals surface area (Å²) in [6.45, 7) is 0. The van der Waals surface area contributed by atoms with Gasteiger partial charge in [-0.15, -0.1) is 5.98 Å². The minimum Gasteiger partial charge on any atom is -0.479 e. The predicted octanol–water partition coefficient (Wildman–Crippen LogP) is -4.01. The second-order valence-corrected chi connectivity index (χ2v) is 4.98. The van der Waals surface area contributed by atoms with Crippen molar-refractivity contribution in [3.63, 3.8) is 0 Å². The standard InChI is InChI=1S/C12H12BO12/c14-5(7(16)17)11(24,9(20)21)3-1-2-13-4(3)12(25,10(22)23)6(15)8(18)19/h1-2,5-6,14-15,24-25H,(H,16,17)(H,18,19)(H,20,21)(H,22,23). The molecule has 1 aliphatic rings. The highest BCUT2D eigenvalue weighted by molar-refractivity contribution is 6.55. The molecule has 4 atom stereocenters. The van der Waals surface area contributed by atoms with Crippen LogP contribution in [0.25, 0.3) is 0 Å². The zero-order chi connectivity index (χ0) is 19.7. The van der Waals surface area contributed by atoms with Crippen LogP contribution in [0, 0.1) is 0 Å². The maximum Gasteiger partial charge on any atom is 0.343 e. The molecule has 0 bridgehead atoms. The fourth-order valence-electron chi connectivity index (χ4n) is 2.20. The molecule has 25 heavy (non-hydrogen) atoms. The van der Waals surface area contributed by atoms with Crippen LogP contribution in [-0.4, -0.2) is 95.4 Å². The fourth-order valence-corrected chi connectivity index (χ4v) is 2.20. The van der Waals surface area contributed by atoms with Gasteiger partial charge in [-0.2, -0.15) is 0 Å². The molecular weight excluding hydrogens is 347 g/mol. The Bertz CT molecular complexity index is 696. The quantitative estimate of drug-likeness (QED) is 0.194. The third-order valence-electron chi connectivity index (χ3n) is 3.55. The summed E-state index contributed by atoms with van der Waals surface area (Å²) in [5.74, 6) is -8.19. The first-order chi connectivity index (χ1) is 11.3. The van der Waals surface area contributed by atoms with Crippen LogP contribution >= 0.6 is 0 Å². The van der Waals surface area contributed by atoms with Crippen LogP contribution in [0.2, 0.25) is 0 Å². The molecule has 4 unspecified atom stereocenters. The maximum atomic E-state index is 11.3. The second kappa shape index (κ2) is 6.64. The molecule has 0 saturated heterocycles. The van der Waals surface area contributed by atoms with E-state index in [9.17, 15) is 39.6 Å². The predicted molar refractivity (Wildman–Crippen MR) is 74.4 cm³/mol. The summed E-state index contributed by atoms with van der Waals surface area (Å²) in [4.78, 5) is 44.4. The highest BCUT2D eigenvalue weighted by atomic mass is 16.5. The minimum absolute atomic E-state index is 0.651. The van der Waals surface area contributed by atoms with E-state index in [1.807, 2.05) is 0 Å². The molecule has 13 heteroatoms. The Morgan fingerprint density at radius 2 is 1.24 bits per heavy atom. The highest BCUT2D eigenvalue weighted by Crippen LogP contribution is 2.36. The minimum atomic E-state index is -3.65. The molecule has 0 spiro atoms. The van der Waals surface area contributed by atoms with E-state index in [2.05, 4.69) is 0 Å². The van der Waals surface area contributed by atoms with Crippen molar-refractivity contribution in [3.8, 4) is 0 Å². The van der Waals surface area contributed by atoms with E-state index in [1.54, 1.807) is 0 Å². The number of carboxylic acids is 4. The molecule has 0 amide bonds. The Morgan fingerprint density at radius 3 is 1.60 bits per heavy atom. The maximum absolute atomic E-state index is 11.3. The largest absolute Gasteiger partial charge is 0.479 e. The van der Waals surface area contributed by atoms with E-state index in [4.69, 9.17) is 20.4 Å². The molecule has 135 valence electrons. The highest BCUT2D eigenvalue weighted by Gasteiger charge is 2.58. The zero-order valence-corrected chi connectivity index (χ0v) is 12.1. The number of rotatable bonds is 8. The Hall–Kier alpha value is -2.74. The number of carboxylic acid groups (broad SMARTS) is 4. The lowest BCUT2D eigenvalue weighted by Gasteiger charge is -2.34. The SMILES string of the molecule is O=C(O)C(O)C(O)(C(=O)O)C1=C(C(O)(C(=O)O)C(O)C(=O)O)C=C[B]1. The summed E-state index contributed by atoms with van der Waals surface area (Å²) in [6, 6.07) is 0. The van der Waals surface area contributed by atoms with Gasteiger partial charge in [0.05, 0.1) is 0 Å². The van der Waals surface area contributed by atoms with Gasteiger partial charge in [0.25, 0.3) is 0 Å². The van der Waals surface area contributed by atoms with Gasteiger partial charge in [-0.25, -0.2) is 19.2 Å². The number of hydrogen-bond acceptors (Lipinski definition) is 8. The summed E-state index contributed by atoms with van der Waals surface area (Å²) < 4.78 is 0. The van der Waals surface area contributed by atoms with Crippen molar-refractivity contribution in [2.75, 3.05) is 0 Å². The molecule has 0 saturated carbocycles. The first-order valence-electron chi connectivity index (χ1n) is 6.32. The molecule has 0 aromatic rings. The van der Waals surface area contributed by atoms with Gasteiger partial charge in [-0.1, -0.05) is 11.5 Å². The van der Waals surface area contributed by atoms with E-state index >= 15 is 0 Å².